The van der Waals surface area contributed by atoms with Crippen LogP contribution in [0.15, 0.2) is 18.2 Å². The lowest BCUT2D eigenvalue weighted by Crippen LogP contribution is -2.37. The number of rotatable bonds is 8. The van der Waals surface area contributed by atoms with Gasteiger partial charge in [0.05, 0.1) is 13.7 Å². The van der Waals surface area contributed by atoms with Crippen LogP contribution < -0.4 is 9.47 Å². The minimum Gasteiger partial charge on any atom is -0.493 e. The third kappa shape index (κ3) is 6.92. The molecule has 2 fully saturated rings. The molecule has 158 valence electrons. The molecule has 0 radical (unpaired) electrons. The van der Waals surface area contributed by atoms with Gasteiger partial charge in [0.15, 0.2) is 11.5 Å². The first-order chi connectivity index (χ1) is 13.7. The zero-order valence-corrected chi connectivity index (χ0v) is 17.3. The minimum absolute atomic E-state index is 0.279. The Labute approximate surface area is 169 Å². The summed E-state index contributed by atoms with van der Waals surface area (Å²) in [4.78, 5) is 8.04. The van der Waals surface area contributed by atoms with Crippen molar-refractivity contribution in [1.82, 2.24) is 9.96 Å². The van der Waals surface area contributed by atoms with Gasteiger partial charge in [-0.3, -0.25) is 4.84 Å². The topological polar surface area (TPSA) is 54.4 Å². The van der Waals surface area contributed by atoms with Gasteiger partial charge in [-0.2, -0.15) is 5.06 Å². The van der Waals surface area contributed by atoms with Gasteiger partial charge in [0.1, 0.15) is 12.7 Å². The summed E-state index contributed by atoms with van der Waals surface area (Å²) in [6, 6.07) is 5.97. The smallest absolute Gasteiger partial charge is 0.161 e. The highest BCUT2D eigenvalue weighted by molar-refractivity contribution is 5.43. The first kappa shape index (κ1) is 21.4. The van der Waals surface area contributed by atoms with Gasteiger partial charge >= 0.3 is 0 Å². The van der Waals surface area contributed by atoms with Crippen LogP contribution in [-0.2, 0) is 11.4 Å². The number of aliphatic hydroxyl groups is 1. The molecule has 0 spiro atoms. The molecule has 2 saturated heterocycles. The van der Waals surface area contributed by atoms with Crippen LogP contribution >= 0.6 is 0 Å². The molecule has 1 aromatic carbocycles. The van der Waals surface area contributed by atoms with Crippen LogP contribution in [0.2, 0.25) is 0 Å². The van der Waals surface area contributed by atoms with Crippen LogP contribution in [0.5, 0.6) is 11.5 Å². The van der Waals surface area contributed by atoms with Gasteiger partial charge in [0.25, 0.3) is 0 Å². The lowest BCUT2D eigenvalue weighted by molar-refractivity contribution is -0.187. The van der Waals surface area contributed by atoms with Gasteiger partial charge in [0.2, 0.25) is 0 Å². The molecule has 2 heterocycles. The summed E-state index contributed by atoms with van der Waals surface area (Å²) < 4.78 is 11.4. The summed E-state index contributed by atoms with van der Waals surface area (Å²) in [7, 11) is 1.65. The Kier molecular flexibility index (Phi) is 8.86. The third-order valence-corrected chi connectivity index (χ3v) is 5.51. The molecule has 0 aliphatic carbocycles. The van der Waals surface area contributed by atoms with Crippen LogP contribution in [0.1, 0.15) is 50.5 Å². The number of benzene rings is 1. The third-order valence-electron chi connectivity index (χ3n) is 5.51. The fourth-order valence-corrected chi connectivity index (χ4v) is 3.94. The number of hydroxylamine groups is 2. The quantitative estimate of drug-likeness (QED) is 0.733. The first-order valence-electron chi connectivity index (χ1n) is 10.8. The van der Waals surface area contributed by atoms with Crippen LogP contribution in [0.4, 0.5) is 0 Å². The highest BCUT2D eigenvalue weighted by Gasteiger charge is 2.16. The van der Waals surface area contributed by atoms with Gasteiger partial charge < -0.3 is 19.5 Å². The van der Waals surface area contributed by atoms with E-state index in [0.717, 1.165) is 44.8 Å². The second-order valence-electron chi connectivity index (χ2n) is 7.92. The molecule has 6 heteroatoms. The summed E-state index contributed by atoms with van der Waals surface area (Å²) in [5.74, 6) is 1.38. The number of likely N-dealkylation sites (tertiary alicyclic amines) is 1. The Balaban J connectivity index is 1.48. The second kappa shape index (κ2) is 11.6. The Morgan fingerprint density at radius 1 is 1.00 bits per heavy atom. The maximum absolute atomic E-state index is 10.4. The number of β-amino-alcohol motifs (C(OH)–C–C–N with tert-alkyl or cyclic N) is 1. The molecular formula is C22H36N2O4. The molecule has 0 amide bonds. The molecule has 0 aromatic heterocycles. The molecule has 2 aliphatic heterocycles. The highest BCUT2D eigenvalue weighted by atomic mass is 16.7. The van der Waals surface area contributed by atoms with Gasteiger partial charge in [-0.25, -0.2) is 0 Å². The first-order valence-corrected chi connectivity index (χ1v) is 10.8. The largest absolute Gasteiger partial charge is 0.493 e. The second-order valence-corrected chi connectivity index (χ2v) is 7.92. The van der Waals surface area contributed by atoms with Crippen molar-refractivity contribution in [3.63, 3.8) is 0 Å². The van der Waals surface area contributed by atoms with Crippen molar-refractivity contribution in [2.45, 2.75) is 57.6 Å². The molecular weight excluding hydrogens is 356 g/mol. The van der Waals surface area contributed by atoms with Gasteiger partial charge in [-0.1, -0.05) is 25.3 Å². The van der Waals surface area contributed by atoms with E-state index in [1.807, 2.05) is 23.3 Å². The highest BCUT2D eigenvalue weighted by Crippen LogP contribution is 2.29. The Bertz CT molecular complexity index is 570. The summed E-state index contributed by atoms with van der Waals surface area (Å²) in [5.41, 5.74) is 1.13. The van der Waals surface area contributed by atoms with E-state index >= 15 is 0 Å². The van der Waals surface area contributed by atoms with Crippen molar-refractivity contribution in [2.75, 3.05) is 46.5 Å². The van der Waals surface area contributed by atoms with Gasteiger partial charge in [-0.15, -0.1) is 0 Å². The molecule has 1 aromatic rings. The molecule has 3 rings (SSSR count). The summed E-state index contributed by atoms with van der Waals surface area (Å²) in [6.07, 6.45) is 8.21. The Morgan fingerprint density at radius 3 is 2.46 bits per heavy atom. The number of nitrogens with zero attached hydrogens (tertiary/aromatic N) is 2. The Morgan fingerprint density at radius 2 is 1.75 bits per heavy atom. The molecule has 1 N–H and O–H groups in total. The van der Waals surface area contributed by atoms with E-state index in [1.165, 1.54) is 38.5 Å². The van der Waals surface area contributed by atoms with Crippen molar-refractivity contribution in [2.24, 2.45) is 0 Å². The predicted molar refractivity (Wildman–Crippen MR) is 110 cm³/mol. The fraction of sp³-hybridized carbons (Fsp3) is 0.727. The van der Waals surface area contributed by atoms with E-state index in [2.05, 4.69) is 4.90 Å². The normalized spacial score (nSPS) is 20.9. The van der Waals surface area contributed by atoms with Crippen molar-refractivity contribution in [1.29, 1.82) is 0 Å². The standard InChI is InChI=1S/C22H36N2O4/c1-26-22-15-19(16-24-13-7-8-14-28-24)9-10-21(22)27-18-20(25)17-23-11-5-3-2-4-6-12-23/h9-10,15,20,25H,2-8,11-14,16-18H2,1H3/t20-/m0/s1. The van der Waals surface area contributed by atoms with Crippen molar-refractivity contribution in [3.8, 4) is 11.5 Å². The maximum Gasteiger partial charge on any atom is 0.161 e. The lowest BCUT2D eigenvalue weighted by atomic mass is 10.1. The minimum atomic E-state index is -0.495. The number of methoxy groups -OCH3 is 1. The van der Waals surface area contributed by atoms with Crippen molar-refractivity contribution >= 4 is 0 Å². The van der Waals surface area contributed by atoms with Crippen molar-refractivity contribution in [3.05, 3.63) is 23.8 Å². The molecule has 6 nitrogen and oxygen atoms in total. The van der Waals surface area contributed by atoms with Crippen LogP contribution in [0.3, 0.4) is 0 Å². The molecule has 0 saturated carbocycles. The zero-order chi connectivity index (χ0) is 19.6. The zero-order valence-electron chi connectivity index (χ0n) is 17.3. The average Bonchev–Trinajstić information content (AvgIpc) is 2.69. The predicted octanol–water partition coefficient (Wildman–Crippen LogP) is 3.23. The van der Waals surface area contributed by atoms with E-state index in [9.17, 15) is 5.11 Å². The lowest BCUT2D eigenvalue weighted by Gasteiger charge is -2.27. The monoisotopic (exact) mass is 392 g/mol. The SMILES string of the molecule is COc1cc(CN2CCCCO2)ccc1OC[C@@H](O)CN1CCCCCCC1. The Hall–Kier alpha value is -1.34. The van der Waals surface area contributed by atoms with Crippen LogP contribution in [0.25, 0.3) is 0 Å². The number of hydrogen-bond acceptors (Lipinski definition) is 6. The van der Waals surface area contributed by atoms with Crippen molar-refractivity contribution < 1.29 is 19.4 Å². The molecule has 28 heavy (non-hydrogen) atoms. The molecule has 2 aliphatic rings. The molecule has 0 unspecified atom stereocenters. The number of ether oxygens (including phenoxy) is 2. The number of aliphatic hydroxyl groups excluding tert-OH is 1. The maximum atomic E-state index is 10.4. The van der Waals surface area contributed by atoms with E-state index < -0.39 is 6.10 Å². The summed E-state index contributed by atoms with van der Waals surface area (Å²) in [6.45, 7) is 5.61. The van der Waals surface area contributed by atoms with E-state index in [4.69, 9.17) is 14.3 Å². The molecule has 0 bridgehead atoms. The van der Waals surface area contributed by atoms with Gasteiger partial charge in [0, 0.05) is 19.6 Å². The summed E-state index contributed by atoms with van der Waals surface area (Å²) in [5, 5.41) is 12.4. The molecule has 1 atom stereocenters. The number of hydrogen-bond donors (Lipinski definition) is 1. The van der Waals surface area contributed by atoms with E-state index in [1.54, 1.807) is 7.11 Å². The van der Waals surface area contributed by atoms with E-state index in [0.29, 0.717) is 18.0 Å². The van der Waals surface area contributed by atoms with Crippen LogP contribution in [-0.4, -0.2) is 67.7 Å². The summed E-state index contributed by atoms with van der Waals surface area (Å²) >= 11 is 0. The average molecular weight is 393 g/mol. The van der Waals surface area contributed by atoms with Gasteiger partial charge in [-0.05, 0) is 56.5 Å². The van der Waals surface area contributed by atoms with Crippen LogP contribution in [0, 0.1) is 0 Å². The van der Waals surface area contributed by atoms with E-state index in [-0.39, 0.29) is 6.61 Å². The fourth-order valence-electron chi connectivity index (χ4n) is 3.94.